The fourth-order valence-electron chi connectivity index (χ4n) is 1.68. The Kier molecular flexibility index (Phi) is 4.91. The van der Waals surface area contributed by atoms with Crippen LogP contribution in [-0.2, 0) is 0 Å². The van der Waals surface area contributed by atoms with Crippen LogP contribution in [0.2, 0.25) is 0 Å². The minimum absolute atomic E-state index is 0.107. The number of hydrogen-bond donors (Lipinski definition) is 0. The summed E-state index contributed by atoms with van der Waals surface area (Å²) in [6.07, 6.45) is 8.54. The highest BCUT2D eigenvalue weighted by molar-refractivity contribution is 5.77. The van der Waals surface area contributed by atoms with E-state index in [0.29, 0.717) is 5.75 Å². The van der Waals surface area contributed by atoms with Crippen molar-refractivity contribution < 1.29 is 4.74 Å². The van der Waals surface area contributed by atoms with E-state index in [1.165, 1.54) is 5.56 Å². The van der Waals surface area contributed by atoms with Crippen LogP contribution in [0.5, 0.6) is 5.75 Å². The maximum Gasteiger partial charge on any atom is 0.148 e. The summed E-state index contributed by atoms with van der Waals surface area (Å²) in [4.78, 5) is 8.75. The molecule has 3 heteroatoms. The Morgan fingerprint density at radius 3 is 2.75 bits per heavy atom. The van der Waals surface area contributed by atoms with Gasteiger partial charge in [0.1, 0.15) is 12.4 Å². The molecule has 0 spiro atoms. The van der Waals surface area contributed by atoms with Crippen molar-refractivity contribution in [3.8, 4) is 18.1 Å². The first-order valence-corrected chi connectivity index (χ1v) is 6.40. The highest BCUT2D eigenvalue weighted by atomic mass is 16.5. The molecule has 1 atom stereocenters. The Labute approximate surface area is 119 Å². The number of nitrogens with zero attached hydrogens (tertiary/aromatic N) is 2. The van der Waals surface area contributed by atoms with E-state index >= 15 is 0 Å². The highest BCUT2D eigenvalue weighted by Crippen LogP contribution is 2.15. The molecule has 100 valence electrons. The Hall–Kier alpha value is -2.60. The molecule has 0 saturated heterocycles. The molecule has 2 aromatic rings. The van der Waals surface area contributed by atoms with Gasteiger partial charge in [0.05, 0.1) is 17.9 Å². The van der Waals surface area contributed by atoms with Crippen LogP contribution >= 0.6 is 0 Å². The first-order valence-electron chi connectivity index (χ1n) is 6.40. The van der Waals surface area contributed by atoms with Gasteiger partial charge in [-0.1, -0.05) is 36.3 Å². The topological polar surface area (TPSA) is 34.5 Å². The molecule has 0 aliphatic carbocycles. The van der Waals surface area contributed by atoms with Crippen LogP contribution in [0.15, 0.2) is 53.7 Å². The summed E-state index contributed by atoms with van der Waals surface area (Å²) < 4.78 is 5.26. The molecule has 0 unspecified atom stereocenters. The van der Waals surface area contributed by atoms with Crippen LogP contribution < -0.4 is 4.74 Å². The third-order valence-electron chi connectivity index (χ3n) is 2.79. The van der Waals surface area contributed by atoms with Gasteiger partial charge >= 0.3 is 0 Å². The molecule has 0 fully saturated rings. The summed E-state index contributed by atoms with van der Waals surface area (Å²) in [6, 6.07) is 13.9. The van der Waals surface area contributed by atoms with Gasteiger partial charge in [-0.05, 0) is 24.6 Å². The van der Waals surface area contributed by atoms with Crippen molar-refractivity contribution in [2.24, 2.45) is 4.99 Å². The Morgan fingerprint density at radius 1 is 1.30 bits per heavy atom. The third kappa shape index (κ3) is 3.96. The summed E-state index contributed by atoms with van der Waals surface area (Å²) in [7, 11) is 0. The number of pyridine rings is 1. The summed E-state index contributed by atoms with van der Waals surface area (Å²) in [6.45, 7) is 2.30. The lowest BCUT2D eigenvalue weighted by molar-refractivity contribution is 0.369. The minimum atomic E-state index is 0.107. The summed E-state index contributed by atoms with van der Waals surface area (Å²) in [5.74, 6) is 3.08. The van der Waals surface area contributed by atoms with E-state index in [1.54, 1.807) is 12.4 Å². The van der Waals surface area contributed by atoms with Gasteiger partial charge in [-0.15, -0.1) is 6.42 Å². The van der Waals surface area contributed by atoms with Crippen LogP contribution in [0.3, 0.4) is 0 Å². The first-order chi connectivity index (χ1) is 9.79. The zero-order valence-corrected chi connectivity index (χ0v) is 11.4. The predicted molar refractivity (Wildman–Crippen MR) is 81.0 cm³/mol. The molecule has 0 bridgehead atoms. The van der Waals surface area contributed by atoms with Crippen LogP contribution in [0.4, 0.5) is 0 Å². The van der Waals surface area contributed by atoms with Gasteiger partial charge in [-0.2, -0.15) is 0 Å². The van der Waals surface area contributed by atoms with Gasteiger partial charge in [0, 0.05) is 6.21 Å². The smallest absolute Gasteiger partial charge is 0.148 e. The van der Waals surface area contributed by atoms with Crippen molar-refractivity contribution >= 4 is 6.21 Å². The number of aliphatic imine (C=N–C) groups is 1. The SMILES string of the molecule is C#CCOc1ccc(C=N[C@H](C)c2ccccc2)nc1. The van der Waals surface area contributed by atoms with Crippen LogP contribution in [0.25, 0.3) is 0 Å². The van der Waals surface area contributed by atoms with Gasteiger partial charge in [-0.25, -0.2) is 0 Å². The monoisotopic (exact) mass is 264 g/mol. The second kappa shape index (κ2) is 7.10. The fraction of sp³-hybridized carbons (Fsp3) is 0.176. The van der Waals surface area contributed by atoms with Crippen molar-refractivity contribution in [3.63, 3.8) is 0 Å². The molecule has 0 aliphatic rings. The van der Waals surface area contributed by atoms with E-state index in [0.717, 1.165) is 5.69 Å². The Bertz CT molecular complexity index is 597. The average Bonchev–Trinajstić information content (AvgIpc) is 2.52. The van der Waals surface area contributed by atoms with Crippen LogP contribution in [-0.4, -0.2) is 17.8 Å². The Morgan fingerprint density at radius 2 is 2.10 bits per heavy atom. The number of rotatable bonds is 5. The van der Waals surface area contributed by atoms with Crippen molar-refractivity contribution in [2.75, 3.05) is 6.61 Å². The summed E-state index contributed by atoms with van der Waals surface area (Å²) >= 11 is 0. The maximum absolute atomic E-state index is 5.26. The van der Waals surface area contributed by atoms with Gasteiger partial charge in [0.15, 0.2) is 0 Å². The molecule has 0 radical (unpaired) electrons. The predicted octanol–water partition coefficient (Wildman–Crippen LogP) is 3.27. The maximum atomic E-state index is 5.26. The molecule has 2 rings (SSSR count). The minimum Gasteiger partial charge on any atom is -0.479 e. The second-order valence-electron chi connectivity index (χ2n) is 4.28. The van der Waals surface area contributed by atoms with Gasteiger partial charge < -0.3 is 4.74 Å². The highest BCUT2D eigenvalue weighted by Gasteiger charge is 2.01. The molecular weight excluding hydrogens is 248 g/mol. The number of benzene rings is 1. The zero-order valence-electron chi connectivity index (χ0n) is 11.4. The second-order valence-corrected chi connectivity index (χ2v) is 4.28. The molecule has 0 saturated carbocycles. The fourth-order valence-corrected chi connectivity index (χ4v) is 1.68. The lowest BCUT2D eigenvalue weighted by atomic mass is 10.1. The zero-order chi connectivity index (χ0) is 14.2. The molecule has 20 heavy (non-hydrogen) atoms. The number of ether oxygens (including phenoxy) is 1. The molecule has 1 aromatic heterocycles. The van der Waals surface area contributed by atoms with Crippen molar-refractivity contribution in [1.29, 1.82) is 0 Å². The van der Waals surface area contributed by atoms with E-state index in [9.17, 15) is 0 Å². The average molecular weight is 264 g/mol. The number of aromatic nitrogens is 1. The van der Waals surface area contributed by atoms with Gasteiger partial charge in [0.2, 0.25) is 0 Å². The molecule has 0 N–H and O–H groups in total. The first kappa shape index (κ1) is 13.8. The van der Waals surface area contributed by atoms with Crippen molar-refractivity contribution in [1.82, 2.24) is 4.98 Å². The lowest BCUT2D eigenvalue weighted by Crippen LogP contribution is -1.96. The lowest BCUT2D eigenvalue weighted by Gasteiger charge is -2.05. The molecular formula is C17H16N2O. The van der Waals surface area contributed by atoms with E-state index in [-0.39, 0.29) is 12.6 Å². The molecule has 3 nitrogen and oxygen atoms in total. The number of terminal acetylenes is 1. The van der Waals surface area contributed by atoms with Crippen LogP contribution in [0.1, 0.15) is 24.2 Å². The van der Waals surface area contributed by atoms with Crippen molar-refractivity contribution in [3.05, 3.63) is 59.9 Å². The van der Waals surface area contributed by atoms with Crippen LogP contribution in [0, 0.1) is 12.3 Å². The summed E-state index contributed by atoms with van der Waals surface area (Å²) in [5.41, 5.74) is 1.97. The Balaban J connectivity index is 1.99. The molecule has 0 aliphatic heterocycles. The third-order valence-corrected chi connectivity index (χ3v) is 2.79. The standard InChI is InChI=1S/C17H16N2O/c1-3-11-20-17-10-9-16(19-13-17)12-18-14(2)15-7-5-4-6-8-15/h1,4-10,12-14H,11H2,2H3/t14-/m1/s1. The van der Waals surface area contributed by atoms with E-state index < -0.39 is 0 Å². The number of hydrogen-bond acceptors (Lipinski definition) is 3. The summed E-state index contributed by atoms with van der Waals surface area (Å²) in [5, 5.41) is 0. The molecule has 1 aromatic carbocycles. The largest absolute Gasteiger partial charge is 0.479 e. The normalized spacial score (nSPS) is 12.0. The van der Waals surface area contributed by atoms with Crippen molar-refractivity contribution in [2.45, 2.75) is 13.0 Å². The quantitative estimate of drug-likeness (QED) is 0.613. The van der Waals surface area contributed by atoms with E-state index in [4.69, 9.17) is 11.2 Å². The molecule has 0 amide bonds. The van der Waals surface area contributed by atoms with E-state index in [1.807, 2.05) is 30.3 Å². The van der Waals surface area contributed by atoms with Gasteiger partial charge in [-0.3, -0.25) is 9.98 Å². The van der Waals surface area contributed by atoms with E-state index in [2.05, 4.69) is 35.0 Å². The van der Waals surface area contributed by atoms with Gasteiger partial charge in [0.25, 0.3) is 0 Å². The molecule has 1 heterocycles.